The van der Waals surface area contributed by atoms with E-state index in [2.05, 4.69) is 17.3 Å². The van der Waals surface area contributed by atoms with Crippen molar-refractivity contribution in [2.24, 2.45) is 0 Å². The summed E-state index contributed by atoms with van der Waals surface area (Å²) in [5.74, 6) is 0.931. The SMILES string of the molecule is CC.CCSc1ccc(Cl)cc1Nn1cnc2ccc(C)cc2c1=O. The predicted octanol–water partition coefficient (Wildman–Crippen LogP) is 5.37. The molecule has 6 heteroatoms. The molecule has 0 radical (unpaired) electrons. The summed E-state index contributed by atoms with van der Waals surface area (Å²) in [6.07, 6.45) is 1.50. The van der Waals surface area contributed by atoms with Gasteiger partial charge in [0.2, 0.25) is 0 Å². The second-order valence-electron chi connectivity index (χ2n) is 5.13. The molecule has 0 unspecified atom stereocenters. The average molecular weight is 376 g/mol. The number of nitrogens with one attached hydrogen (secondary N) is 1. The average Bonchev–Trinajstić information content (AvgIpc) is 2.62. The van der Waals surface area contributed by atoms with Crippen LogP contribution in [0.1, 0.15) is 26.3 Å². The van der Waals surface area contributed by atoms with E-state index in [0.717, 1.165) is 21.9 Å². The molecule has 0 aliphatic carbocycles. The Kier molecular flexibility index (Phi) is 6.91. The minimum Gasteiger partial charge on any atom is -0.289 e. The van der Waals surface area contributed by atoms with Gasteiger partial charge in [0.1, 0.15) is 6.33 Å². The molecule has 0 saturated heterocycles. The highest BCUT2D eigenvalue weighted by molar-refractivity contribution is 7.99. The van der Waals surface area contributed by atoms with Crippen LogP contribution in [0.2, 0.25) is 5.02 Å². The molecule has 0 saturated carbocycles. The van der Waals surface area contributed by atoms with Crippen molar-refractivity contribution in [2.75, 3.05) is 11.2 Å². The zero-order chi connectivity index (χ0) is 18.4. The summed E-state index contributed by atoms with van der Waals surface area (Å²) in [6.45, 7) is 8.03. The Morgan fingerprint density at radius 3 is 2.68 bits per heavy atom. The first-order valence-corrected chi connectivity index (χ1v) is 9.62. The monoisotopic (exact) mass is 375 g/mol. The number of benzene rings is 2. The van der Waals surface area contributed by atoms with Crippen molar-refractivity contribution in [3.05, 3.63) is 63.7 Å². The van der Waals surface area contributed by atoms with Crippen molar-refractivity contribution in [2.45, 2.75) is 32.6 Å². The fourth-order valence-corrected chi connectivity index (χ4v) is 3.22. The third kappa shape index (κ3) is 4.55. The molecule has 1 aromatic heterocycles. The Morgan fingerprint density at radius 2 is 1.96 bits per heavy atom. The zero-order valence-corrected chi connectivity index (χ0v) is 16.4. The predicted molar refractivity (Wildman–Crippen MR) is 109 cm³/mol. The lowest BCUT2D eigenvalue weighted by Crippen LogP contribution is -2.26. The minimum atomic E-state index is -0.133. The van der Waals surface area contributed by atoms with Gasteiger partial charge in [0.15, 0.2) is 0 Å². The summed E-state index contributed by atoms with van der Waals surface area (Å²) < 4.78 is 1.40. The molecule has 2 aromatic carbocycles. The minimum absolute atomic E-state index is 0.133. The van der Waals surface area contributed by atoms with Gasteiger partial charge in [0.05, 0.1) is 16.6 Å². The number of fused-ring (bicyclic) bond motifs is 1. The highest BCUT2D eigenvalue weighted by Gasteiger charge is 2.08. The smallest absolute Gasteiger partial charge is 0.280 e. The second kappa shape index (κ2) is 8.92. The molecule has 0 fully saturated rings. The summed E-state index contributed by atoms with van der Waals surface area (Å²) in [5.41, 5.74) is 5.49. The number of nitrogens with zero attached hydrogens (tertiary/aromatic N) is 2. The highest BCUT2D eigenvalue weighted by atomic mass is 35.5. The van der Waals surface area contributed by atoms with Crippen LogP contribution in [0.3, 0.4) is 0 Å². The fourth-order valence-electron chi connectivity index (χ4n) is 2.32. The summed E-state index contributed by atoms with van der Waals surface area (Å²) in [7, 11) is 0. The first-order valence-electron chi connectivity index (χ1n) is 8.26. The lowest BCUT2D eigenvalue weighted by molar-refractivity contribution is 0.874. The van der Waals surface area contributed by atoms with E-state index in [1.54, 1.807) is 11.8 Å². The quantitative estimate of drug-likeness (QED) is 0.622. The van der Waals surface area contributed by atoms with E-state index < -0.39 is 0 Å². The maximum absolute atomic E-state index is 12.7. The van der Waals surface area contributed by atoms with Gasteiger partial charge in [-0.15, -0.1) is 11.8 Å². The van der Waals surface area contributed by atoms with Gasteiger partial charge in [-0.2, -0.15) is 0 Å². The Labute approximate surface area is 157 Å². The topological polar surface area (TPSA) is 46.9 Å². The lowest BCUT2D eigenvalue weighted by Gasteiger charge is -2.13. The van der Waals surface area contributed by atoms with Gasteiger partial charge in [-0.05, 0) is 43.0 Å². The van der Waals surface area contributed by atoms with Gasteiger partial charge in [0.25, 0.3) is 5.56 Å². The molecule has 0 amide bonds. The molecule has 4 nitrogen and oxygen atoms in total. The van der Waals surface area contributed by atoms with Crippen LogP contribution in [0.15, 0.2) is 52.4 Å². The molecular weight excluding hydrogens is 354 g/mol. The first-order chi connectivity index (χ1) is 12.1. The molecule has 0 atom stereocenters. The molecule has 1 N–H and O–H groups in total. The van der Waals surface area contributed by atoms with E-state index in [1.165, 1.54) is 11.0 Å². The van der Waals surface area contributed by atoms with Crippen molar-refractivity contribution >= 4 is 40.0 Å². The van der Waals surface area contributed by atoms with Crippen LogP contribution in [-0.2, 0) is 0 Å². The molecule has 0 bridgehead atoms. The van der Waals surface area contributed by atoms with Gasteiger partial charge in [0, 0.05) is 9.92 Å². The van der Waals surface area contributed by atoms with Crippen molar-refractivity contribution in [3.63, 3.8) is 0 Å². The number of hydrogen-bond acceptors (Lipinski definition) is 4. The number of anilines is 1. The molecule has 25 heavy (non-hydrogen) atoms. The third-order valence-corrected chi connectivity index (χ3v) is 4.59. The maximum atomic E-state index is 12.7. The van der Waals surface area contributed by atoms with Crippen molar-refractivity contribution < 1.29 is 0 Å². The van der Waals surface area contributed by atoms with Crippen LogP contribution < -0.4 is 11.0 Å². The fraction of sp³-hybridized carbons (Fsp3) is 0.263. The van der Waals surface area contributed by atoms with E-state index in [-0.39, 0.29) is 5.56 Å². The van der Waals surface area contributed by atoms with Crippen LogP contribution in [0.4, 0.5) is 5.69 Å². The Hall–Kier alpha value is -1.98. The van der Waals surface area contributed by atoms with Crippen LogP contribution in [0.25, 0.3) is 10.9 Å². The van der Waals surface area contributed by atoms with Crippen LogP contribution in [-0.4, -0.2) is 15.4 Å². The number of aryl methyl sites for hydroxylation is 1. The number of aromatic nitrogens is 2. The maximum Gasteiger partial charge on any atom is 0.280 e. The van der Waals surface area contributed by atoms with Gasteiger partial charge in [-0.3, -0.25) is 10.2 Å². The second-order valence-corrected chi connectivity index (χ2v) is 6.87. The summed E-state index contributed by atoms with van der Waals surface area (Å²) in [6, 6.07) is 11.3. The summed E-state index contributed by atoms with van der Waals surface area (Å²) >= 11 is 7.77. The number of hydrogen-bond donors (Lipinski definition) is 1. The van der Waals surface area contributed by atoms with Crippen LogP contribution in [0, 0.1) is 6.92 Å². The third-order valence-electron chi connectivity index (χ3n) is 3.40. The molecule has 132 valence electrons. The van der Waals surface area contributed by atoms with E-state index in [0.29, 0.717) is 15.9 Å². The van der Waals surface area contributed by atoms with Gasteiger partial charge in [-0.1, -0.05) is 44.0 Å². The van der Waals surface area contributed by atoms with Crippen molar-refractivity contribution in [1.29, 1.82) is 0 Å². The van der Waals surface area contributed by atoms with E-state index in [4.69, 9.17) is 11.6 Å². The highest BCUT2D eigenvalue weighted by Crippen LogP contribution is 2.29. The number of thioether (sulfide) groups is 1. The molecule has 1 heterocycles. The van der Waals surface area contributed by atoms with Gasteiger partial charge >= 0.3 is 0 Å². The number of halogens is 1. The molecule has 0 aliphatic heterocycles. The Balaban J connectivity index is 0.00000109. The van der Waals surface area contributed by atoms with Gasteiger partial charge in [-0.25, -0.2) is 9.66 Å². The molecule has 0 spiro atoms. The summed E-state index contributed by atoms with van der Waals surface area (Å²) in [5, 5.41) is 1.21. The first kappa shape index (κ1) is 19.3. The van der Waals surface area contributed by atoms with E-state index >= 15 is 0 Å². The summed E-state index contributed by atoms with van der Waals surface area (Å²) in [4.78, 5) is 18.0. The molecule has 3 aromatic rings. The van der Waals surface area contributed by atoms with E-state index in [1.807, 2.05) is 57.2 Å². The normalized spacial score (nSPS) is 10.3. The largest absolute Gasteiger partial charge is 0.289 e. The zero-order valence-electron chi connectivity index (χ0n) is 14.8. The molecular formula is C19H22ClN3OS. The van der Waals surface area contributed by atoms with Crippen LogP contribution in [0.5, 0.6) is 0 Å². The van der Waals surface area contributed by atoms with Crippen LogP contribution >= 0.6 is 23.4 Å². The lowest BCUT2D eigenvalue weighted by atomic mass is 10.2. The van der Waals surface area contributed by atoms with Crippen molar-refractivity contribution in [1.82, 2.24) is 9.66 Å². The molecule has 3 rings (SSSR count). The Bertz CT molecular complexity index is 924. The number of rotatable bonds is 4. The Morgan fingerprint density at radius 1 is 1.20 bits per heavy atom. The van der Waals surface area contributed by atoms with E-state index in [9.17, 15) is 4.79 Å². The molecule has 0 aliphatic rings. The standard InChI is InChI=1S/C17H16ClN3OS.C2H6/c1-3-23-16-7-5-12(18)9-15(16)20-21-10-19-14-6-4-11(2)8-13(14)17(21)22;1-2/h4-10,20H,3H2,1-2H3;1-2H3. The van der Waals surface area contributed by atoms with Gasteiger partial charge < -0.3 is 0 Å². The van der Waals surface area contributed by atoms with Crippen molar-refractivity contribution in [3.8, 4) is 0 Å².